The van der Waals surface area contributed by atoms with Crippen LogP contribution >= 0.6 is 0 Å². The van der Waals surface area contributed by atoms with Crippen LogP contribution in [0.5, 0.6) is 0 Å². The van der Waals surface area contributed by atoms with Crippen molar-refractivity contribution in [3.63, 3.8) is 0 Å². The molecule has 3 rings (SSSR count). The fourth-order valence-electron chi connectivity index (χ4n) is 3.62. The van der Waals surface area contributed by atoms with Crippen LogP contribution in [0.2, 0.25) is 0 Å². The Labute approximate surface area is 142 Å². The average Bonchev–Trinajstić information content (AvgIpc) is 2.62. The molecule has 1 N–H and O–H groups in total. The van der Waals surface area contributed by atoms with Crippen LogP contribution in [0.25, 0.3) is 0 Å². The van der Waals surface area contributed by atoms with E-state index in [0.717, 1.165) is 51.7 Å². The maximum absolute atomic E-state index is 14.3. The van der Waals surface area contributed by atoms with Crippen LogP contribution in [0.3, 0.4) is 0 Å². The number of piperidine rings is 1. The van der Waals surface area contributed by atoms with Crippen LogP contribution in [-0.4, -0.2) is 63.8 Å². The van der Waals surface area contributed by atoms with Gasteiger partial charge in [0.2, 0.25) is 0 Å². The minimum Gasteiger partial charge on any atom is -0.465 e. The number of carbonyl (C=O) groups is 1. The predicted octanol–water partition coefficient (Wildman–Crippen LogP) is 1.73. The summed E-state index contributed by atoms with van der Waals surface area (Å²) in [5.74, 6) is -0.129. The van der Waals surface area contributed by atoms with Gasteiger partial charge in [0.1, 0.15) is 5.82 Å². The molecule has 0 aliphatic carbocycles. The van der Waals surface area contributed by atoms with Crippen molar-refractivity contribution in [2.24, 2.45) is 5.92 Å². The van der Waals surface area contributed by atoms with Crippen molar-refractivity contribution < 1.29 is 13.9 Å². The van der Waals surface area contributed by atoms with Gasteiger partial charge >= 0.3 is 5.97 Å². The molecule has 0 amide bonds. The van der Waals surface area contributed by atoms with Crippen molar-refractivity contribution in [3.05, 3.63) is 29.6 Å². The van der Waals surface area contributed by atoms with Crippen LogP contribution in [0.4, 0.5) is 10.1 Å². The van der Waals surface area contributed by atoms with Crippen molar-refractivity contribution in [2.45, 2.75) is 12.8 Å². The zero-order valence-electron chi connectivity index (χ0n) is 14.3. The third-order valence-electron chi connectivity index (χ3n) is 5.00. The first-order chi connectivity index (χ1) is 11.7. The number of benzene rings is 1. The molecule has 24 heavy (non-hydrogen) atoms. The molecule has 2 fully saturated rings. The fraction of sp³-hybridized carbons (Fsp3) is 0.611. The average molecular weight is 335 g/mol. The Balaban J connectivity index is 1.55. The molecular formula is C18H26FN3O2. The highest BCUT2D eigenvalue weighted by Crippen LogP contribution is 2.23. The molecule has 0 radical (unpaired) electrons. The first kappa shape index (κ1) is 17.2. The van der Waals surface area contributed by atoms with Gasteiger partial charge in [-0.1, -0.05) is 0 Å². The van der Waals surface area contributed by atoms with Crippen LogP contribution in [-0.2, 0) is 4.74 Å². The van der Waals surface area contributed by atoms with Crippen molar-refractivity contribution in [1.29, 1.82) is 0 Å². The highest BCUT2D eigenvalue weighted by atomic mass is 19.1. The SMILES string of the molecule is COC(=O)c1ccc(N2CCN(CC3CCCNC3)CC2)c(F)c1. The van der Waals surface area contributed by atoms with E-state index >= 15 is 0 Å². The second kappa shape index (κ2) is 7.94. The summed E-state index contributed by atoms with van der Waals surface area (Å²) in [5.41, 5.74) is 0.823. The van der Waals surface area contributed by atoms with E-state index in [1.54, 1.807) is 12.1 Å². The zero-order valence-corrected chi connectivity index (χ0v) is 14.3. The molecule has 2 saturated heterocycles. The molecule has 2 aliphatic rings. The maximum atomic E-state index is 14.3. The van der Waals surface area contributed by atoms with E-state index in [1.165, 1.54) is 26.0 Å². The molecule has 1 aromatic carbocycles. The molecule has 5 nitrogen and oxygen atoms in total. The lowest BCUT2D eigenvalue weighted by Gasteiger charge is -2.38. The Bertz CT molecular complexity index is 567. The Kier molecular flexibility index (Phi) is 5.68. The van der Waals surface area contributed by atoms with E-state index in [-0.39, 0.29) is 11.4 Å². The van der Waals surface area contributed by atoms with Crippen LogP contribution in [0.15, 0.2) is 18.2 Å². The van der Waals surface area contributed by atoms with Crippen molar-refractivity contribution >= 4 is 11.7 Å². The number of rotatable bonds is 4. The summed E-state index contributed by atoms with van der Waals surface area (Å²) >= 11 is 0. The Morgan fingerprint density at radius 3 is 2.75 bits per heavy atom. The highest BCUT2D eigenvalue weighted by molar-refractivity contribution is 5.89. The van der Waals surface area contributed by atoms with Gasteiger partial charge in [0.15, 0.2) is 0 Å². The third kappa shape index (κ3) is 4.05. The number of nitrogens with zero attached hydrogens (tertiary/aromatic N) is 2. The van der Waals surface area contributed by atoms with E-state index in [0.29, 0.717) is 5.69 Å². The number of hydrogen-bond acceptors (Lipinski definition) is 5. The summed E-state index contributed by atoms with van der Waals surface area (Å²) in [6.07, 6.45) is 2.57. The number of piperazine rings is 1. The number of hydrogen-bond donors (Lipinski definition) is 1. The first-order valence-electron chi connectivity index (χ1n) is 8.73. The van der Waals surface area contributed by atoms with Gasteiger partial charge < -0.3 is 15.0 Å². The molecule has 1 aromatic rings. The van der Waals surface area contributed by atoms with Gasteiger partial charge in [-0.25, -0.2) is 9.18 Å². The molecule has 0 bridgehead atoms. The summed E-state index contributed by atoms with van der Waals surface area (Å²) in [6, 6.07) is 4.58. The van der Waals surface area contributed by atoms with Gasteiger partial charge in [-0.3, -0.25) is 4.90 Å². The van der Waals surface area contributed by atoms with Crippen molar-refractivity contribution in [2.75, 3.05) is 57.8 Å². The summed E-state index contributed by atoms with van der Waals surface area (Å²) in [7, 11) is 1.30. The number of ether oxygens (including phenoxy) is 1. The lowest BCUT2D eigenvalue weighted by molar-refractivity contribution is 0.0600. The summed E-state index contributed by atoms with van der Waals surface area (Å²) in [5, 5.41) is 3.46. The molecule has 0 aromatic heterocycles. The second-order valence-electron chi connectivity index (χ2n) is 6.66. The summed E-state index contributed by atoms with van der Waals surface area (Å²) in [4.78, 5) is 16.0. The van der Waals surface area contributed by atoms with Gasteiger partial charge in [-0.15, -0.1) is 0 Å². The van der Waals surface area contributed by atoms with Crippen molar-refractivity contribution in [3.8, 4) is 0 Å². The van der Waals surface area contributed by atoms with E-state index in [9.17, 15) is 9.18 Å². The van der Waals surface area contributed by atoms with E-state index < -0.39 is 5.97 Å². The molecule has 1 atom stereocenters. The van der Waals surface area contributed by atoms with E-state index in [1.807, 2.05) is 0 Å². The van der Waals surface area contributed by atoms with Gasteiger partial charge in [-0.2, -0.15) is 0 Å². The summed E-state index contributed by atoms with van der Waals surface area (Å²) in [6.45, 7) is 6.92. The Hall–Kier alpha value is -1.66. The lowest BCUT2D eigenvalue weighted by Crippen LogP contribution is -2.49. The molecule has 2 aliphatic heterocycles. The molecule has 132 valence electrons. The van der Waals surface area contributed by atoms with Gasteiger partial charge in [0, 0.05) is 32.7 Å². The van der Waals surface area contributed by atoms with Crippen molar-refractivity contribution in [1.82, 2.24) is 10.2 Å². The Morgan fingerprint density at radius 1 is 1.33 bits per heavy atom. The first-order valence-corrected chi connectivity index (χ1v) is 8.73. The number of nitrogens with one attached hydrogen (secondary N) is 1. The predicted molar refractivity (Wildman–Crippen MR) is 92.0 cm³/mol. The number of carbonyl (C=O) groups excluding carboxylic acids is 1. The fourth-order valence-corrected chi connectivity index (χ4v) is 3.62. The van der Waals surface area contributed by atoms with Gasteiger partial charge in [0.25, 0.3) is 0 Å². The molecule has 2 heterocycles. The third-order valence-corrected chi connectivity index (χ3v) is 5.00. The minimum absolute atomic E-state index is 0.252. The number of anilines is 1. The highest BCUT2D eigenvalue weighted by Gasteiger charge is 2.23. The molecule has 0 spiro atoms. The smallest absolute Gasteiger partial charge is 0.337 e. The maximum Gasteiger partial charge on any atom is 0.337 e. The minimum atomic E-state index is -0.508. The van der Waals surface area contributed by atoms with Crippen LogP contribution in [0.1, 0.15) is 23.2 Å². The molecule has 6 heteroatoms. The van der Waals surface area contributed by atoms with Gasteiger partial charge in [0.05, 0.1) is 18.4 Å². The van der Waals surface area contributed by atoms with Gasteiger partial charge in [-0.05, 0) is 50.0 Å². The van der Waals surface area contributed by atoms with Crippen LogP contribution < -0.4 is 10.2 Å². The lowest BCUT2D eigenvalue weighted by atomic mass is 9.99. The monoisotopic (exact) mass is 335 g/mol. The standard InChI is InChI=1S/C18H26FN3O2/c1-24-18(23)15-4-5-17(16(19)11-15)22-9-7-21(8-10-22)13-14-3-2-6-20-12-14/h4-5,11,14,20H,2-3,6-10,12-13H2,1H3. The molecular weight excluding hydrogens is 309 g/mol. The number of esters is 1. The number of methoxy groups -OCH3 is 1. The van der Waals surface area contributed by atoms with Crippen LogP contribution in [0, 0.1) is 11.7 Å². The topological polar surface area (TPSA) is 44.8 Å². The summed E-state index contributed by atoms with van der Waals surface area (Å²) < 4.78 is 19.0. The van der Waals surface area contributed by atoms with E-state index in [4.69, 9.17) is 0 Å². The number of halogens is 1. The second-order valence-corrected chi connectivity index (χ2v) is 6.66. The quantitative estimate of drug-likeness (QED) is 0.849. The molecule has 1 unspecified atom stereocenters. The largest absolute Gasteiger partial charge is 0.465 e. The molecule has 0 saturated carbocycles. The van der Waals surface area contributed by atoms with E-state index in [2.05, 4.69) is 19.9 Å². The zero-order chi connectivity index (χ0) is 16.9. The normalized spacial score (nSPS) is 22.4. The Morgan fingerprint density at radius 2 is 2.12 bits per heavy atom.